The second-order valence-corrected chi connectivity index (χ2v) is 18.9. The van der Waals surface area contributed by atoms with Crippen LogP contribution in [0.4, 0.5) is 25.0 Å². The molecular formula is C48H61F2N8O12P. The lowest BCUT2D eigenvalue weighted by Crippen LogP contribution is -2.46. The van der Waals surface area contributed by atoms with Gasteiger partial charge in [-0.2, -0.15) is 10.2 Å². The summed E-state index contributed by atoms with van der Waals surface area (Å²) >= 11 is 0. The molecule has 2 saturated heterocycles. The van der Waals surface area contributed by atoms with Crippen molar-refractivity contribution >= 4 is 31.3 Å². The van der Waals surface area contributed by atoms with Gasteiger partial charge in [-0.3, -0.25) is 9.32 Å². The molecule has 5 aromatic rings. The predicted octanol–water partition coefficient (Wildman–Crippen LogP) is 7.07. The lowest BCUT2D eigenvalue weighted by Gasteiger charge is -2.37. The third kappa shape index (κ3) is 14.5. The normalized spacial score (nSPS) is 18.5. The standard InChI is InChI=1S/C48H61F2N8O12P/c1-4-44(34(2)68-47(61)70-35(3)69-45(59)10-8-6-5-7-9-25-67-71(62,63)64)58-46(60)57(33-53-58)40-14-12-38(13-15-40)54-21-23-55(24-22-54)39-16-18-41(19-17-39)65-28-36-27-48(66-29-36,30-56-32-51-31-52-56)42-20-11-37(49)26-43(42)50/h11-20,26,31-36,44H,4-10,21-25,27-30H2,1-3H3,(H2,62,63,64)/t34-,35?,36+,44-,48-/m0/s1. The quantitative estimate of drug-likeness (QED) is 0.0273. The van der Waals surface area contributed by atoms with Crippen LogP contribution in [0, 0.1) is 17.6 Å². The van der Waals surface area contributed by atoms with E-state index in [0.29, 0.717) is 63.2 Å². The number of phosphoric acid groups is 1. The Bertz CT molecular complexity index is 2610. The van der Waals surface area contributed by atoms with E-state index in [1.807, 2.05) is 55.5 Å². The summed E-state index contributed by atoms with van der Waals surface area (Å²) in [5.74, 6) is -1.23. The molecule has 7 rings (SSSR count). The summed E-state index contributed by atoms with van der Waals surface area (Å²) in [4.78, 5) is 64.5. The highest BCUT2D eigenvalue weighted by atomic mass is 31.2. The number of hydrogen-bond acceptors (Lipinski definition) is 15. The van der Waals surface area contributed by atoms with Crippen LogP contribution < -0.4 is 20.2 Å². The Hall–Kier alpha value is -6.19. The summed E-state index contributed by atoms with van der Waals surface area (Å²) in [6, 6.07) is 18.5. The van der Waals surface area contributed by atoms with Crippen molar-refractivity contribution in [2.24, 2.45) is 5.92 Å². The van der Waals surface area contributed by atoms with Gasteiger partial charge >= 0.3 is 25.6 Å². The molecule has 0 aliphatic carbocycles. The second-order valence-electron chi connectivity index (χ2n) is 17.7. The Kier molecular flexibility index (Phi) is 18.0. The molecule has 2 fully saturated rings. The molecule has 1 unspecified atom stereocenters. The maximum atomic E-state index is 15.1. The monoisotopic (exact) mass is 1010 g/mol. The molecule has 2 aliphatic heterocycles. The number of nitrogens with zero attached hydrogens (tertiary/aromatic N) is 8. The fourth-order valence-corrected chi connectivity index (χ4v) is 9.34. The second kappa shape index (κ2) is 24.3. The molecular weight excluding hydrogens is 950 g/mol. The number of phosphoric ester groups is 1. The van der Waals surface area contributed by atoms with Crippen LogP contribution in [0.1, 0.15) is 83.7 Å². The third-order valence-corrected chi connectivity index (χ3v) is 13.1. The molecule has 4 heterocycles. The summed E-state index contributed by atoms with van der Waals surface area (Å²) in [6.07, 6.45) is 5.35. The van der Waals surface area contributed by atoms with Crippen molar-refractivity contribution in [3.05, 3.63) is 113 Å². The SMILES string of the molecule is CC[C@@H]([C@H](C)OC(=O)OC(C)OC(=O)CCCCCCCOP(=O)(O)O)n1ncn(-c2ccc(N3CCN(c4ccc(OC[C@@H]5CO[C@@](Cn6cncn6)(c6ccc(F)cc6F)C5)cc4)CC3)cc2)c1=O. The van der Waals surface area contributed by atoms with E-state index in [2.05, 4.69) is 29.5 Å². The molecule has 2 N–H and O–H groups in total. The van der Waals surface area contributed by atoms with Crippen molar-refractivity contribution in [2.45, 2.75) is 103 Å². The number of hydrogen-bond donors (Lipinski definition) is 2. The summed E-state index contributed by atoms with van der Waals surface area (Å²) in [7, 11) is -4.47. The average molecular weight is 1010 g/mol. The molecule has 0 radical (unpaired) electrons. The van der Waals surface area contributed by atoms with Crippen LogP contribution in [-0.4, -0.2) is 109 Å². The van der Waals surface area contributed by atoms with Crippen molar-refractivity contribution in [1.82, 2.24) is 29.1 Å². The Morgan fingerprint density at radius 3 is 2.17 bits per heavy atom. The van der Waals surface area contributed by atoms with Gasteiger partial charge in [0.2, 0.25) is 6.29 Å². The first-order valence-corrected chi connectivity index (χ1v) is 25.3. The number of benzene rings is 3. The van der Waals surface area contributed by atoms with E-state index in [-0.39, 0.29) is 31.1 Å². The minimum atomic E-state index is -4.47. The molecule has 0 amide bonds. The first kappa shape index (κ1) is 52.6. The zero-order valence-corrected chi connectivity index (χ0v) is 40.9. The Morgan fingerprint density at radius 1 is 0.859 bits per heavy atom. The van der Waals surface area contributed by atoms with Crippen LogP contribution >= 0.6 is 7.82 Å². The number of rotatable bonds is 24. The molecule has 20 nitrogen and oxygen atoms in total. The molecule has 0 spiro atoms. The van der Waals surface area contributed by atoms with Crippen molar-refractivity contribution < 1.29 is 60.9 Å². The number of carbonyl (C=O) groups excluding carboxylic acids is 2. The number of carbonyl (C=O) groups is 2. The number of anilines is 2. The average Bonchev–Trinajstić information content (AvgIpc) is 4.10. The van der Waals surface area contributed by atoms with E-state index in [1.54, 1.807) is 17.9 Å². The zero-order valence-electron chi connectivity index (χ0n) is 40.0. The number of halogens is 2. The van der Waals surface area contributed by atoms with Gasteiger partial charge in [-0.1, -0.05) is 32.3 Å². The zero-order chi connectivity index (χ0) is 50.5. The fourth-order valence-electron chi connectivity index (χ4n) is 8.97. The minimum absolute atomic E-state index is 0.0455. The number of aromatic nitrogens is 6. The van der Waals surface area contributed by atoms with Crippen LogP contribution in [0.15, 0.2) is 90.5 Å². The summed E-state index contributed by atoms with van der Waals surface area (Å²) in [5.41, 5.74) is 1.49. The van der Waals surface area contributed by atoms with Crippen molar-refractivity contribution in [3.63, 3.8) is 0 Å². The van der Waals surface area contributed by atoms with E-state index in [9.17, 15) is 23.3 Å². The lowest BCUT2D eigenvalue weighted by molar-refractivity contribution is -0.169. The Balaban J connectivity index is 0.831. The number of unbranched alkanes of at least 4 members (excludes halogenated alkanes) is 4. The van der Waals surface area contributed by atoms with Gasteiger partial charge < -0.3 is 43.3 Å². The van der Waals surface area contributed by atoms with Gasteiger partial charge in [-0.25, -0.2) is 41.8 Å². The first-order valence-electron chi connectivity index (χ1n) is 23.8. The fraction of sp³-hybridized carbons (Fsp3) is 0.500. The van der Waals surface area contributed by atoms with Crippen LogP contribution in [0.3, 0.4) is 0 Å². The topological polar surface area (TPSA) is 224 Å². The highest BCUT2D eigenvalue weighted by Gasteiger charge is 2.45. The van der Waals surface area contributed by atoms with Gasteiger partial charge in [0.25, 0.3) is 0 Å². The number of piperazine rings is 1. The minimum Gasteiger partial charge on any atom is -0.493 e. The lowest BCUT2D eigenvalue weighted by atomic mass is 9.87. The molecule has 5 atom stereocenters. The van der Waals surface area contributed by atoms with E-state index < -0.39 is 61.3 Å². The van der Waals surface area contributed by atoms with Gasteiger partial charge in [0.1, 0.15) is 48.1 Å². The maximum absolute atomic E-state index is 15.1. The molecule has 0 bridgehead atoms. The Labute approximate surface area is 409 Å². The van der Waals surface area contributed by atoms with Gasteiger partial charge in [0.05, 0.1) is 38.1 Å². The molecule has 71 heavy (non-hydrogen) atoms. The first-order chi connectivity index (χ1) is 34.1. The van der Waals surface area contributed by atoms with E-state index in [4.69, 9.17) is 33.5 Å². The summed E-state index contributed by atoms with van der Waals surface area (Å²) in [6.45, 7) is 8.83. The van der Waals surface area contributed by atoms with Gasteiger partial charge in [0, 0.05) is 68.4 Å². The third-order valence-electron chi connectivity index (χ3n) is 12.6. The number of esters is 1. The molecule has 0 saturated carbocycles. The van der Waals surface area contributed by atoms with Crippen molar-refractivity contribution in [3.8, 4) is 11.4 Å². The van der Waals surface area contributed by atoms with Crippen LogP contribution in [0.25, 0.3) is 5.69 Å². The van der Waals surface area contributed by atoms with Gasteiger partial charge in [-0.15, -0.1) is 0 Å². The molecule has 2 aromatic heterocycles. The van der Waals surface area contributed by atoms with E-state index in [0.717, 1.165) is 50.0 Å². The Morgan fingerprint density at radius 2 is 1.52 bits per heavy atom. The molecule has 2 aliphatic rings. The highest BCUT2D eigenvalue weighted by Crippen LogP contribution is 2.42. The largest absolute Gasteiger partial charge is 0.511 e. The van der Waals surface area contributed by atoms with E-state index >= 15 is 4.39 Å². The molecule has 3 aromatic carbocycles. The molecule has 23 heteroatoms. The smallest absolute Gasteiger partial charge is 0.493 e. The van der Waals surface area contributed by atoms with Crippen molar-refractivity contribution in [1.29, 1.82) is 0 Å². The maximum Gasteiger partial charge on any atom is 0.511 e. The molecule has 384 valence electrons. The number of ether oxygens (including phenoxy) is 5. The summed E-state index contributed by atoms with van der Waals surface area (Å²) < 4.78 is 76.5. The van der Waals surface area contributed by atoms with Crippen LogP contribution in [0.2, 0.25) is 0 Å². The van der Waals surface area contributed by atoms with E-state index in [1.165, 1.54) is 41.0 Å². The van der Waals surface area contributed by atoms with Gasteiger partial charge in [0.15, 0.2) is 0 Å². The predicted molar refractivity (Wildman–Crippen MR) is 254 cm³/mol. The van der Waals surface area contributed by atoms with Crippen molar-refractivity contribution in [2.75, 3.05) is 55.8 Å². The van der Waals surface area contributed by atoms with Gasteiger partial charge in [-0.05, 0) is 87.2 Å². The van der Waals surface area contributed by atoms with Crippen LogP contribution in [0.5, 0.6) is 5.75 Å². The summed E-state index contributed by atoms with van der Waals surface area (Å²) in [5, 5.41) is 8.53. The van der Waals surface area contributed by atoms with Crippen LogP contribution in [-0.2, 0) is 45.0 Å². The highest BCUT2D eigenvalue weighted by molar-refractivity contribution is 7.46.